The first-order valence-corrected chi connectivity index (χ1v) is 6.98. The molecule has 0 aliphatic heterocycles. The predicted molar refractivity (Wildman–Crippen MR) is 82.5 cm³/mol. The van der Waals surface area contributed by atoms with E-state index >= 15 is 0 Å². The van der Waals surface area contributed by atoms with E-state index in [0.29, 0.717) is 5.02 Å². The number of halogens is 2. The van der Waals surface area contributed by atoms with Gasteiger partial charge in [-0.3, -0.25) is 0 Å². The molecule has 0 bridgehead atoms. The van der Waals surface area contributed by atoms with Crippen molar-refractivity contribution in [3.8, 4) is 0 Å². The Labute approximate surface area is 125 Å². The summed E-state index contributed by atoms with van der Waals surface area (Å²) in [7, 11) is 0. The van der Waals surface area contributed by atoms with E-state index in [2.05, 4.69) is 22.6 Å². The third-order valence-electron chi connectivity index (χ3n) is 2.81. The van der Waals surface area contributed by atoms with Gasteiger partial charge in [0, 0.05) is 8.59 Å². The number of rotatable bonds is 3. The summed E-state index contributed by atoms with van der Waals surface area (Å²) >= 11 is 8.05. The van der Waals surface area contributed by atoms with Crippen LogP contribution in [0, 0.1) is 3.57 Å². The van der Waals surface area contributed by atoms with Gasteiger partial charge in [0.05, 0.1) is 12.1 Å². The van der Waals surface area contributed by atoms with E-state index in [0.717, 1.165) is 14.7 Å². The molecule has 4 heteroatoms. The number of aliphatic hydroxyl groups excluding tert-OH is 1. The van der Waals surface area contributed by atoms with Crippen LogP contribution in [0.15, 0.2) is 48.5 Å². The molecule has 0 aliphatic carbocycles. The zero-order valence-corrected chi connectivity index (χ0v) is 12.5. The smallest absolute Gasteiger partial charge is 0.0982 e. The fourth-order valence-corrected chi connectivity index (χ4v) is 2.22. The van der Waals surface area contributed by atoms with Gasteiger partial charge in [-0.25, -0.2) is 0 Å². The first-order valence-electron chi connectivity index (χ1n) is 5.52. The van der Waals surface area contributed by atoms with Crippen LogP contribution in [0.25, 0.3) is 0 Å². The van der Waals surface area contributed by atoms with Crippen molar-refractivity contribution in [3.05, 3.63) is 68.3 Å². The highest BCUT2D eigenvalue weighted by atomic mass is 127. The molecule has 0 radical (unpaired) electrons. The molecule has 0 saturated heterocycles. The second kappa shape index (κ2) is 6.02. The van der Waals surface area contributed by atoms with Gasteiger partial charge in [0.25, 0.3) is 0 Å². The maximum absolute atomic E-state index is 10.2. The van der Waals surface area contributed by atoms with E-state index in [-0.39, 0.29) is 0 Å². The summed E-state index contributed by atoms with van der Waals surface area (Å²) in [6, 6.07) is 14.5. The molecule has 0 spiro atoms. The summed E-state index contributed by atoms with van der Waals surface area (Å²) in [6.45, 7) is 0. The van der Waals surface area contributed by atoms with Crippen LogP contribution >= 0.6 is 34.2 Å². The lowest BCUT2D eigenvalue weighted by Crippen LogP contribution is -2.19. The Kier molecular flexibility index (Phi) is 4.61. The molecule has 2 aromatic carbocycles. The standard InChI is InChI=1S/C14H13ClINO/c15-11-5-1-9(2-6-11)13(17)14(18)10-3-7-12(16)8-4-10/h1-8,13-14,18H,17H2. The molecule has 0 heterocycles. The molecule has 0 aromatic heterocycles. The molecule has 0 amide bonds. The van der Waals surface area contributed by atoms with Crippen molar-refractivity contribution in [1.29, 1.82) is 0 Å². The fourth-order valence-electron chi connectivity index (χ4n) is 1.73. The second-order valence-electron chi connectivity index (χ2n) is 4.07. The SMILES string of the molecule is NC(c1ccc(Cl)cc1)C(O)c1ccc(I)cc1. The number of nitrogens with two attached hydrogens (primary N) is 1. The van der Waals surface area contributed by atoms with E-state index < -0.39 is 12.1 Å². The van der Waals surface area contributed by atoms with Crippen molar-refractivity contribution in [2.75, 3.05) is 0 Å². The van der Waals surface area contributed by atoms with Gasteiger partial charge in [0.2, 0.25) is 0 Å². The Bertz CT molecular complexity index is 463. The first-order chi connectivity index (χ1) is 8.58. The Morgan fingerprint density at radius 1 is 0.944 bits per heavy atom. The van der Waals surface area contributed by atoms with Crippen LogP contribution in [0.4, 0.5) is 0 Å². The molecular formula is C14H13ClINO. The zero-order chi connectivity index (χ0) is 13.1. The van der Waals surface area contributed by atoms with Crippen molar-refractivity contribution in [1.82, 2.24) is 0 Å². The van der Waals surface area contributed by atoms with Crippen LogP contribution in [0.5, 0.6) is 0 Å². The first kappa shape index (κ1) is 13.8. The summed E-state index contributed by atoms with van der Waals surface area (Å²) in [5, 5.41) is 10.9. The van der Waals surface area contributed by atoms with Crippen molar-refractivity contribution in [2.45, 2.75) is 12.1 Å². The van der Waals surface area contributed by atoms with Crippen LogP contribution in [-0.2, 0) is 0 Å². The average Bonchev–Trinajstić information content (AvgIpc) is 2.39. The van der Waals surface area contributed by atoms with Crippen LogP contribution in [-0.4, -0.2) is 5.11 Å². The third-order valence-corrected chi connectivity index (χ3v) is 3.78. The van der Waals surface area contributed by atoms with Crippen LogP contribution in [0.3, 0.4) is 0 Å². The highest BCUT2D eigenvalue weighted by molar-refractivity contribution is 14.1. The quantitative estimate of drug-likeness (QED) is 0.806. The molecule has 2 atom stereocenters. The summed E-state index contributed by atoms with van der Waals surface area (Å²) in [4.78, 5) is 0. The fraction of sp³-hybridized carbons (Fsp3) is 0.143. The Balaban J connectivity index is 2.20. The topological polar surface area (TPSA) is 46.2 Å². The Hall–Kier alpha value is -0.620. The number of hydrogen-bond acceptors (Lipinski definition) is 2. The normalized spacial score (nSPS) is 14.2. The molecular weight excluding hydrogens is 361 g/mol. The van der Waals surface area contributed by atoms with Gasteiger partial charge >= 0.3 is 0 Å². The van der Waals surface area contributed by atoms with E-state index in [9.17, 15) is 5.11 Å². The molecule has 0 fully saturated rings. The van der Waals surface area contributed by atoms with Crippen LogP contribution in [0.1, 0.15) is 23.3 Å². The van der Waals surface area contributed by atoms with Crippen molar-refractivity contribution < 1.29 is 5.11 Å². The minimum absolute atomic E-state index is 0.456. The van der Waals surface area contributed by atoms with E-state index in [4.69, 9.17) is 17.3 Å². The van der Waals surface area contributed by atoms with Gasteiger partial charge < -0.3 is 10.8 Å². The summed E-state index contributed by atoms with van der Waals surface area (Å²) in [5.74, 6) is 0. The average molecular weight is 374 g/mol. The largest absolute Gasteiger partial charge is 0.386 e. The third kappa shape index (κ3) is 3.23. The molecule has 3 N–H and O–H groups in total. The molecule has 2 nitrogen and oxygen atoms in total. The predicted octanol–water partition coefficient (Wildman–Crippen LogP) is 3.68. The Morgan fingerprint density at radius 2 is 1.44 bits per heavy atom. The molecule has 2 aromatic rings. The van der Waals surface area contributed by atoms with E-state index in [1.54, 1.807) is 12.1 Å². The van der Waals surface area contributed by atoms with Gasteiger partial charge in [-0.1, -0.05) is 35.9 Å². The minimum Gasteiger partial charge on any atom is -0.386 e. The lowest BCUT2D eigenvalue weighted by molar-refractivity contribution is 0.147. The van der Waals surface area contributed by atoms with Gasteiger partial charge in [-0.05, 0) is 58.0 Å². The van der Waals surface area contributed by atoms with Crippen molar-refractivity contribution >= 4 is 34.2 Å². The lowest BCUT2D eigenvalue weighted by Gasteiger charge is -2.19. The number of hydrogen-bond donors (Lipinski definition) is 2. The van der Waals surface area contributed by atoms with Gasteiger partial charge in [0.1, 0.15) is 0 Å². The van der Waals surface area contributed by atoms with Crippen molar-refractivity contribution in [2.24, 2.45) is 5.73 Å². The highest BCUT2D eigenvalue weighted by Crippen LogP contribution is 2.27. The second-order valence-corrected chi connectivity index (χ2v) is 5.76. The van der Waals surface area contributed by atoms with Crippen LogP contribution in [0.2, 0.25) is 5.02 Å². The number of aliphatic hydroxyl groups is 1. The molecule has 18 heavy (non-hydrogen) atoms. The number of benzene rings is 2. The van der Waals surface area contributed by atoms with Gasteiger partial charge in [-0.15, -0.1) is 0 Å². The van der Waals surface area contributed by atoms with Gasteiger partial charge in [0.15, 0.2) is 0 Å². The Morgan fingerprint density at radius 3 is 2.00 bits per heavy atom. The molecule has 0 aliphatic rings. The molecule has 2 rings (SSSR count). The summed E-state index contributed by atoms with van der Waals surface area (Å²) in [6.07, 6.45) is -0.719. The zero-order valence-electron chi connectivity index (χ0n) is 9.55. The summed E-state index contributed by atoms with van der Waals surface area (Å²) < 4.78 is 1.13. The maximum atomic E-state index is 10.2. The monoisotopic (exact) mass is 373 g/mol. The van der Waals surface area contributed by atoms with E-state index in [1.165, 1.54) is 0 Å². The van der Waals surface area contributed by atoms with Gasteiger partial charge in [-0.2, -0.15) is 0 Å². The van der Waals surface area contributed by atoms with Crippen molar-refractivity contribution in [3.63, 3.8) is 0 Å². The maximum Gasteiger partial charge on any atom is 0.0982 e. The van der Waals surface area contributed by atoms with E-state index in [1.807, 2.05) is 36.4 Å². The highest BCUT2D eigenvalue weighted by Gasteiger charge is 2.18. The molecule has 0 saturated carbocycles. The minimum atomic E-state index is -0.719. The molecule has 94 valence electrons. The summed E-state index contributed by atoms with van der Waals surface area (Å²) in [5.41, 5.74) is 7.75. The van der Waals surface area contributed by atoms with Crippen LogP contribution < -0.4 is 5.73 Å². The lowest BCUT2D eigenvalue weighted by atomic mass is 9.97. The molecule has 2 unspecified atom stereocenters.